The number of rotatable bonds is 11. The van der Waals surface area contributed by atoms with Crippen molar-refractivity contribution in [3.63, 3.8) is 0 Å². The average molecular weight is 616 g/mol. The van der Waals surface area contributed by atoms with Gasteiger partial charge in [0.25, 0.3) is 17.5 Å². The first kappa shape index (κ1) is 30.2. The number of nitrogens with zero attached hydrogens (tertiary/aromatic N) is 4. The van der Waals surface area contributed by atoms with Gasteiger partial charge in [-0.15, -0.1) is 0 Å². The average Bonchev–Trinajstić information content (AvgIpc) is 3.49. The van der Waals surface area contributed by atoms with Crippen LogP contribution in [0.4, 0.5) is 17.3 Å². The van der Waals surface area contributed by atoms with Crippen molar-refractivity contribution < 1.29 is 33.1 Å². The second-order valence-corrected chi connectivity index (χ2v) is 10.2. The standard InChI is InChI=1S/C31H30N6O6S/c1-4-42-24-16-12-22(13-17-24)37-30(40)25(18-27(38)32-21-10-14-23(41-3)15-11-21)36(31(37)44)19-26-29(43-34-35(26)2)33-28(39)20-8-6-5-7-9-20/h5-17,25H,4,18-19H2,1-3H3,(H-,32,33,34,38,39)/p+1. The van der Waals surface area contributed by atoms with Gasteiger partial charge in [0.2, 0.25) is 11.2 Å². The molecule has 0 saturated carbocycles. The number of hydrogen-bond donors (Lipinski definition) is 2. The van der Waals surface area contributed by atoms with E-state index in [1.165, 1.54) is 9.58 Å². The third-order valence-electron chi connectivity index (χ3n) is 6.97. The van der Waals surface area contributed by atoms with Crippen molar-refractivity contribution in [3.8, 4) is 11.5 Å². The molecule has 44 heavy (non-hydrogen) atoms. The fourth-order valence-corrected chi connectivity index (χ4v) is 5.10. The molecule has 3 aromatic carbocycles. The van der Waals surface area contributed by atoms with Crippen LogP contribution in [-0.4, -0.2) is 52.8 Å². The largest absolute Gasteiger partial charge is 0.497 e. The zero-order valence-electron chi connectivity index (χ0n) is 24.4. The Kier molecular flexibility index (Phi) is 9.15. The molecule has 12 nitrogen and oxygen atoms in total. The molecule has 226 valence electrons. The number of carbonyl (C=O) groups excluding carboxylic acids is 3. The Labute approximate surface area is 259 Å². The molecule has 5 rings (SSSR count). The second-order valence-electron chi connectivity index (χ2n) is 9.80. The van der Waals surface area contributed by atoms with Crippen molar-refractivity contribution in [2.45, 2.75) is 25.9 Å². The number of thiocarbonyl (C=S) groups is 1. The van der Waals surface area contributed by atoms with Crippen molar-refractivity contribution in [2.24, 2.45) is 7.05 Å². The molecule has 1 aromatic heterocycles. The molecule has 0 bridgehead atoms. The molecule has 1 fully saturated rings. The number of aromatic nitrogens is 2. The van der Waals surface area contributed by atoms with Crippen molar-refractivity contribution in [1.29, 1.82) is 0 Å². The van der Waals surface area contributed by atoms with Gasteiger partial charge in [-0.1, -0.05) is 18.2 Å². The van der Waals surface area contributed by atoms with E-state index in [1.807, 2.05) is 13.0 Å². The molecule has 3 amide bonds. The highest BCUT2D eigenvalue weighted by atomic mass is 32.1. The van der Waals surface area contributed by atoms with Crippen LogP contribution in [0, 0.1) is 0 Å². The summed E-state index contributed by atoms with van der Waals surface area (Å²) in [5.74, 6) is 0.234. The lowest BCUT2D eigenvalue weighted by Gasteiger charge is -2.22. The van der Waals surface area contributed by atoms with E-state index in [0.717, 1.165) is 0 Å². The van der Waals surface area contributed by atoms with E-state index in [4.69, 9.17) is 26.2 Å². The summed E-state index contributed by atoms with van der Waals surface area (Å²) in [5, 5.41) is 9.73. The number of benzene rings is 3. The third-order valence-corrected chi connectivity index (χ3v) is 7.38. The van der Waals surface area contributed by atoms with E-state index in [0.29, 0.717) is 40.7 Å². The number of anilines is 3. The molecule has 13 heteroatoms. The maximum atomic E-state index is 13.9. The van der Waals surface area contributed by atoms with E-state index in [2.05, 4.69) is 15.9 Å². The number of aryl methyl sites for hydroxylation is 1. The highest BCUT2D eigenvalue weighted by Crippen LogP contribution is 2.31. The minimum absolute atomic E-state index is 0.0169. The maximum Gasteiger partial charge on any atom is 0.307 e. The smallest absolute Gasteiger partial charge is 0.307 e. The monoisotopic (exact) mass is 615 g/mol. The Hall–Kier alpha value is -5.30. The molecule has 2 heterocycles. The first-order valence-electron chi connectivity index (χ1n) is 13.8. The van der Waals surface area contributed by atoms with Crippen LogP contribution in [0.15, 0.2) is 83.4 Å². The summed E-state index contributed by atoms with van der Waals surface area (Å²) in [7, 11) is 3.20. The maximum absolute atomic E-state index is 13.9. The molecular formula is C31H31N6O6S+. The first-order chi connectivity index (χ1) is 21.3. The topological polar surface area (TPSA) is 130 Å². The van der Waals surface area contributed by atoms with Gasteiger partial charge in [-0.3, -0.25) is 29.1 Å². The fourth-order valence-electron chi connectivity index (χ4n) is 4.72. The van der Waals surface area contributed by atoms with Crippen LogP contribution in [-0.2, 0) is 23.2 Å². The first-order valence-corrected chi connectivity index (χ1v) is 14.2. The van der Waals surface area contributed by atoms with Gasteiger partial charge in [0.15, 0.2) is 12.2 Å². The van der Waals surface area contributed by atoms with Gasteiger partial charge >= 0.3 is 5.88 Å². The van der Waals surface area contributed by atoms with Crippen LogP contribution in [0.25, 0.3) is 0 Å². The minimum Gasteiger partial charge on any atom is -0.497 e. The van der Waals surface area contributed by atoms with Crippen LogP contribution in [0.3, 0.4) is 0 Å². The summed E-state index contributed by atoms with van der Waals surface area (Å²) in [6.07, 6.45) is -0.195. The van der Waals surface area contributed by atoms with Crippen LogP contribution in [0.2, 0.25) is 0 Å². The zero-order valence-corrected chi connectivity index (χ0v) is 25.2. The third kappa shape index (κ3) is 6.52. The Morgan fingerprint density at radius 1 is 1.00 bits per heavy atom. The normalized spacial score (nSPS) is 14.5. The van der Waals surface area contributed by atoms with Gasteiger partial charge in [-0.25, -0.2) is 0 Å². The summed E-state index contributed by atoms with van der Waals surface area (Å²) in [4.78, 5) is 43.1. The molecule has 1 aliphatic rings. The second kappa shape index (κ2) is 13.3. The van der Waals surface area contributed by atoms with Crippen molar-refractivity contribution >= 4 is 52.3 Å². The Bertz CT molecular complexity index is 1660. The number of amides is 3. The molecule has 4 aromatic rings. The number of ether oxygens (including phenoxy) is 2. The zero-order chi connectivity index (χ0) is 31.2. The summed E-state index contributed by atoms with van der Waals surface area (Å²) >= 11 is 5.82. The Morgan fingerprint density at radius 3 is 2.34 bits per heavy atom. The molecule has 1 aliphatic heterocycles. The van der Waals surface area contributed by atoms with E-state index in [9.17, 15) is 14.4 Å². The van der Waals surface area contributed by atoms with Crippen LogP contribution in [0.5, 0.6) is 11.5 Å². The summed E-state index contributed by atoms with van der Waals surface area (Å²) in [6.45, 7) is 2.40. The van der Waals surface area contributed by atoms with Crippen LogP contribution >= 0.6 is 12.2 Å². The van der Waals surface area contributed by atoms with E-state index < -0.39 is 11.9 Å². The van der Waals surface area contributed by atoms with Gasteiger partial charge in [0, 0.05) is 11.3 Å². The Morgan fingerprint density at radius 2 is 1.68 bits per heavy atom. The highest BCUT2D eigenvalue weighted by Gasteiger charge is 2.46. The molecule has 0 radical (unpaired) electrons. The molecule has 2 N–H and O–H groups in total. The summed E-state index contributed by atoms with van der Waals surface area (Å²) in [5.41, 5.74) is 1.95. The predicted molar refractivity (Wildman–Crippen MR) is 165 cm³/mol. The van der Waals surface area contributed by atoms with Gasteiger partial charge in [-0.2, -0.15) is 0 Å². The lowest BCUT2D eigenvalue weighted by atomic mass is 10.1. The number of hydrogen-bond acceptors (Lipinski definition) is 8. The molecule has 0 spiro atoms. The van der Waals surface area contributed by atoms with Crippen LogP contribution in [0.1, 0.15) is 29.4 Å². The summed E-state index contributed by atoms with van der Waals surface area (Å²) in [6, 6.07) is 21.5. The van der Waals surface area contributed by atoms with Gasteiger partial charge in [0.05, 0.1) is 25.8 Å². The molecular weight excluding hydrogens is 584 g/mol. The number of carbonyl (C=O) groups is 3. The highest BCUT2D eigenvalue weighted by molar-refractivity contribution is 7.80. The predicted octanol–water partition coefficient (Wildman–Crippen LogP) is 3.69. The molecule has 1 atom stereocenters. The Balaban J connectivity index is 1.42. The van der Waals surface area contributed by atoms with Gasteiger partial charge in [0.1, 0.15) is 24.1 Å². The minimum atomic E-state index is -0.958. The molecule has 1 saturated heterocycles. The SMILES string of the molecule is CCOc1ccc(N2C(=O)C(CC(=O)Nc3ccc(OC)cc3)N(Cc3c(NC(=O)c4ccccc4)on[n+]3C)C2=S)cc1. The number of methoxy groups -OCH3 is 1. The quantitative estimate of drug-likeness (QED) is 0.192. The summed E-state index contributed by atoms with van der Waals surface area (Å²) < 4.78 is 17.6. The lowest BCUT2D eigenvalue weighted by molar-refractivity contribution is -0.746. The van der Waals surface area contributed by atoms with Gasteiger partial charge < -0.3 is 19.7 Å². The van der Waals surface area contributed by atoms with Crippen molar-refractivity contribution in [2.75, 3.05) is 29.3 Å². The van der Waals surface area contributed by atoms with E-state index in [-0.39, 0.29) is 35.8 Å². The van der Waals surface area contributed by atoms with Crippen molar-refractivity contribution in [3.05, 3.63) is 90.1 Å². The number of nitrogens with one attached hydrogen (secondary N) is 2. The van der Waals surface area contributed by atoms with Crippen LogP contribution < -0.4 is 29.7 Å². The molecule has 1 unspecified atom stereocenters. The van der Waals surface area contributed by atoms with E-state index >= 15 is 0 Å². The molecule has 0 aliphatic carbocycles. The lowest BCUT2D eigenvalue weighted by Crippen LogP contribution is -2.43. The van der Waals surface area contributed by atoms with Crippen molar-refractivity contribution in [1.82, 2.24) is 10.2 Å². The van der Waals surface area contributed by atoms with Gasteiger partial charge in [-0.05, 0) is 84.5 Å². The van der Waals surface area contributed by atoms with E-state index in [1.54, 1.807) is 91.9 Å². The fraction of sp³-hybridized carbons (Fsp3) is 0.226.